The van der Waals surface area contributed by atoms with Crippen LogP contribution in [-0.4, -0.2) is 43.2 Å². The summed E-state index contributed by atoms with van der Waals surface area (Å²) in [6.45, 7) is 5.97. The van der Waals surface area contributed by atoms with E-state index in [0.717, 1.165) is 64.4 Å². The van der Waals surface area contributed by atoms with E-state index in [2.05, 4.69) is 81.3 Å². The number of benzene rings is 2. The molecule has 186 valence electrons. The molecule has 2 aliphatic heterocycles. The molecule has 35 heavy (non-hydrogen) atoms. The van der Waals surface area contributed by atoms with E-state index in [1.165, 1.54) is 34.9 Å². The van der Waals surface area contributed by atoms with Crippen molar-refractivity contribution < 1.29 is 4.79 Å². The Morgan fingerprint density at radius 3 is 2.37 bits per heavy atom. The van der Waals surface area contributed by atoms with Gasteiger partial charge < -0.3 is 20.5 Å². The second-order valence-corrected chi connectivity index (χ2v) is 10.4. The van der Waals surface area contributed by atoms with Gasteiger partial charge in [-0.25, -0.2) is 0 Å². The number of nitrogens with one attached hydrogen (secondary N) is 3. The van der Waals surface area contributed by atoms with Crippen LogP contribution in [0.15, 0.2) is 60.8 Å². The Hall–Kier alpha value is -2.63. The van der Waals surface area contributed by atoms with Crippen molar-refractivity contribution in [1.29, 1.82) is 0 Å². The number of rotatable bonds is 9. The topological polar surface area (TPSA) is 58.1 Å². The average Bonchev–Trinajstić information content (AvgIpc) is 3.27. The Kier molecular flexibility index (Phi) is 8.17. The van der Waals surface area contributed by atoms with E-state index in [-0.39, 0.29) is 11.8 Å². The lowest BCUT2D eigenvalue weighted by molar-refractivity contribution is -0.121. The van der Waals surface area contributed by atoms with E-state index < -0.39 is 0 Å². The van der Waals surface area contributed by atoms with Crippen molar-refractivity contribution in [2.75, 3.05) is 32.7 Å². The first-order valence-electron chi connectivity index (χ1n) is 13.6. The zero-order valence-electron chi connectivity index (χ0n) is 20.8. The van der Waals surface area contributed by atoms with Crippen molar-refractivity contribution in [1.82, 2.24) is 20.5 Å². The van der Waals surface area contributed by atoms with Gasteiger partial charge in [0.1, 0.15) is 0 Å². The summed E-state index contributed by atoms with van der Waals surface area (Å²) in [6, 6.07) is 19.4. The minimum Gasteiger partial charge on any atom is -0.356 e. The van der Waals surface area contributed by atoms with Crippen LogP contribution in [-0.2, 0) is 11.3 Å². The number of hydrogen-bond donors (Lipinski definition) is 3. The Labute approximate surface area is 209 Å². The Morgan fingerprint density at radius 1 is 0.914 bits per heavy atom. The molecule has 2 aromatic carbocycles. The van der Waals surface area contributed by atoms with E-state index in [4.69, 9.17) is 0 Å². The van der Waals surface area contributed by atoms with Gasteiger partial charge >= 0.3 is 0 Å². The van der Waals surface area contributed by atoms with Crippen molar-refractivity contribution >= 4 is 16.8 Å². The average molecular weight is 473 g/mol. The summed E-state index contributed by atoms with van der Waals surface area (Å²) in [4.78, 5) is 13.2. The zero-order valence-corrected chi connectivity index (χ0v) is 20.8. The fourth-order valence-electron chi connectivity index (χ4n) is 6.12. The van der Waals surface area contributed by atoms with Crippen molar-refractivity contribution in [3.8, 4) is 0 Å². The molecule has 0 aliphatic carbocycles. The van der Waals surface area contributed by atoms with Crippen LogP contribution in [0.25, 0.3) is 10.9 Å². The zero-order chi connectivity index (χ0) is 23.9. The molecule has 2 saturated heterocycles. The van der Waals surface area contributed by atoms with Crippen LogP contribution in [0.1, 0.15) is 55.6 Å². The molecule has 0 bridgehead atoms. The van der Waals surface area contributed by atoms with E-state index >= 15 is 0 Å². The Balaban J connectivity index is 1.35. The maximum atomic E-state index is 13.2. The van der Waals surface area contributed by atoms with Crippen LogP contribution >= 0.6 is 0 Å². The highest BCUT2D eigenvalue weighted by molar-refractivity contribution is 5.86. The van der Waals surface area contributed by atoms with Crippen LogP contribution in [0.3, 0.4) is 0 Å². The number of carbonyl (C=O) groups excluding carboxylic acids is 1. The van der Waals surface area contributed by atoms with Crippen LogP contribution in [0.4, 0.5) is 0 Å². The first-order valence-corrected chi connectivity index (χ1v) is 13.6. The monoisotopic (exact) mass is 472 g/mol. The number of para-hydroxylation sites is 1. The van der Waals surface area contributed by atoms with Gasteiger partial charge in [-0.1, -0.05) is 48.5 Å². The molecule has 3 aromatic rings. The SMILES string of the molecule is O=C(CC(c1cn(Cc2ccccc2)c2ccccc12)C1CCNCC1)NCCC1CCNCC1. The highest BCUT2D eigenvalue weighted by Crippen LogP contribution is 2.38. The van der Waals surface area contributed by atoms with Gasteiger partial charge in [0, 0.05) is 36.6 Å². The standard InChI is InChI=1S/C30H40N4O/c35-30(33-19-12-23-10-15-31-16-11-23)20-27(25-13-17-32-18-14-25)28-22-34(21-24-6-2-1-3-7-24)29-9-5-4-8-26(28)29/h1-9,22-23,25,27,31-32H,10-21H2,(H,33,35). The summed E-state index contributed by atoms with van der Waals surface area (Å²) in [5.41, 5.74) is 3.91. The lowest BCUT2D eigenvalue weighted by atomic mass is 9.78. The lowest BCUT2D eigenvalue weighted by Gasteiger charge is -2.30. The molecule has 3 N–H and O–H groups in total. The molecule has 2 aliphatic rings. The molecule has 0 saturated carbocycles. The molecule has 0 radical (unpaired) electrons. The van der Waals surface area contributed by atoms with Crippen molar-refractivity contribution in [3.05, 3.63) is 71.9 Å². The first-order chi connectivity index (χ1) is 17.3. The molecule has 1 amide bonds. The molecular weight excluding hydrogens is 432 g/mol. The van der Waals surface area contributed by atoms with E-state index in [0.29, 0.717) is 12.3 Å². The number of carbonyl (C=O) groups is 1. The third-order valence-corrected chi connectivity index (χ3v) is 8.11. The van der Waals surface area contributed by atoms with Gasteiger partial charge in [0.15, 0.2) is 0 Å². The maximum Gasteiger partial charge on any atom is 0.220 e. The third-order valence-electron chi connectivity index (χ3n) is 8.11. The lowest BCUT2D eigenvalue weighted by Crippen LogP contribution is -2.34. The molecule has 5 heteroatoms. The molecular formula is C30H40N4O. The molecule has 1 aromatic heterocycles. The molecule has 5 rings (SSSR count). The van der Waals surface area contributed by atoms with Crippen molar-refractivity contribution in [2.24, 2.45) is 11.8 Å². The number of nitrogens with zero attached hydrogens (tertiary/aromatic N) is 1. The van der Waals surface area contributed by atoms with E-state index in [1.54, 1.807) is 0 Å². The van der Waals surface area contributed by atoms with Crippen LogP contribution in [0.2, 0.25) is 0 Å². The second-order valence-electron chi connectivity index (χ2n) is 10.4. The largest absolute Gasteiger partial charge is 0.356 e. The minimum atomic E-state index is 0.211. The van der Waals surface area contributed by atoms with Crippen molar-refractivity contribution in [3.63, 3.8) is 0 Å². The van der Waals surface area contributed by atoms with Crippen LogP contribution in [0.5, 0.6) is 0 Å². The number of amides is 1. The van der Waals surface area contributed by atoms with Gasteiger partial charge in [-0.05, 0) is 93.2 Å². The second kappa shape index (κ2) is 11.9. The van der Waals surface area contributed by atoms with Gasteiger partial charge in [0.05, 0.1) is 0 Å². The fraction of sp³-hybridized carbons (Fsp3) is 0.500. The van der Waals surface area contributed by atoms with Crippen molar-refractivity contribution in [2.45, 2.75) is 51.0 Å². The summed E-state index contributed by atoms with van der Waals surface area (Å²) < 4.78 is 2.38. The van der Waals surface area contributed by atoms with Gasteiger partial charge in [-0.2, -0.15) is 0 Å². The first kappa shape index (κ1) is 24.1. The molecule has 1 atom stereocenters. The quantitative estimate of drug-likeness (QED) is 0.424. The van der Waals surface area contributed by atoms with E-state index in [1.807, 2.05) is 0 Å². The molecule has 0 spiro atoms. The fourth-order valence-corrected chi connectivity index (χ4v) is 6.12. The summed E-state index contributed by atoms with van der Waals surface area (Å²) in [6.07, 6.45) is 8.74. The van der Waals surface area contributed by atoms with Gasteiger partial charge in [0.25, 0.3) is 0 Å². The normalized spacial score (nSPS) is 18.5. The number of fused-ring (bicyclic) bond motifs is 1. The number of hydrogen-bond acceptors (Lipinski definition) is 3. The van der Waals surface area contributed by atoms with Gasteiger partial charge in [-0.3, -0.25) is 4.79 Å². The minimum absolute atomic E-state index is 0.211. The maximum absolute atomic E-state index is 13.2. The molecule has 2 fully saturated rings. The highest BCUT2D eigenvalue weighted by Gasteiger charge is 2.29. The molecule has 5 nitrogen and oxygen atoms in total. The Bertz CT molecular complexity index is 1080. The molecule has 1 unspecified atom stereocenters. The van der Waals surface area contributed by atoms with Crippen LogP contribution < -0.4 is 16.0 Å². The van der Waals surface area contributed by atoms with Crippen LogP contribution in [0, 0.1) is 11.8 Å². The third kappa shape index (κ3) is 6.14. The predicted octanol–water partition coefficient (Wildman–Crippen LogP) is 4.67. The van der Waals surface area contributed by atoms with Gasteiger partial charge in [0.2, 0.25) is 5.91 Å². The van der Waals surface area contributed by atoms with E-state index in [9.17, 15) is 4.79 Å². The molecule has 3 heterocycles. The predicted molar refractivity (Wildman–Crippen MR) is 144 cm³/mol. The smallest absolute Gasteiger partial charge is 0.220 e. The highest BCUT2D eigenvalue weighted by atomic mass is 16.1. The summed E-state index contributed by atoms with van der Waals surface area (Å²) in [5, 5.41) is 11.5. The summed E-state index contributed by atoms with van der Waals surface area (Å²) in [5.74, 6) is 1.73. The Morgan fingerprint density at radius 2 is 1.60 bits per heavy atom. The summed E-state index contributed by atoms with van der Waals surface area (Å²) in [7, 11) is 0. The summed E-state index contributed by atoms with van der Waals surface area (Å²) >= 11 is 0. The van der Waals surface area contributed by atoms with Gasteiger partial charge in [-0.15, -0.1) is 0 Å². The number of piperidine rings is 2. The number of aromatic nitrogens is 1.